The largest absolute Gasteiger partial charge is 0.479 e. The van der Waals surface area contributed by atoms with Crippen molar-refractivity contribution in [3.05, 3.63) is 11.7 Å². The average molecular weight is 282 g/mol. The Morgan fingerprint density at radius 3 is 2.90 bits per heavy atom. The summed E-state index contributed by atoms with van der Waals surface area (Å²) in [5.41, 5.74) is 0. The Morgan fingerprint density at radius 2 is 2.20 bits per heavy atom. The molecule has 0 bridgehead atoms. The fourth-order valence-corrected chi connectivity index (χ4v) is 2.65. The summed E-state index contributed by atoms with van der Waals surface area (Å²) >= 11 is 0. The zero-order chi connectivity index (χ0) is 13.9. The third kappa shape index (κ3) is 2.99. The third-order valence-corrected chi connectivity index (χ3v) is 3.74. The van der Waals surface area contributed by atoms with Crippen LogP contribution in [0.5, 0.6) is 0 Å². The molecule has 1 aromatic heterocycles. The number of ether oxygens (including phenoxy) is 2. The number of hydrogen-bond donors (Lipinski definition) is 1. The van der Waals surface area contributed by atoms with Crippen molar-refractivity contribution in [3.8, 4) is 0 Å². The second kappa shape index (κ2) is 5.88. The van der Waals surface area contributed by atoms with Crippen molar-refractivity contribution >= 4 is 5.97 Å². The number of carbonyl (C=O) groups is 1. The Bertz CT molecular complexity index is 469. The van der Waals surface area contributed by atoms with Crippen LogP contribution in [0.1, 0.15) is 49.9 Å². The first-order valence-corrected chi connectivity index (χ1v) is 7.04. The molecule has 1 N–H and O–H groups in total. The molecule has 2 aliphatic rings. The van der Waals surface area contributed by atoms with Crippen LogP contribution in [0.25, 0.3) is 0 Å². The van der Waals surface area contributed by atoms with Crippen LogP contribution in [0.2, 0.25) is 0 Å². The lowest BCUT2D eigenvalue weighted by molar-refractivity contribution is -0.150. The van der Waals surface area contributed by atoms with Gasteiger partial charge >= 0.3 is 5.97 Å². The molecule has 0 aliphatic carbocycles. The first-order valence-electron chi connectivity index (χ1n) is 7.04. The van der Waals surface area contributed by atoms with Gasteiger partial charge in [-0.1, -0.05) is 5.16 Å². The van der Waals surface area contributed by atoms with Crippen LogP contribution in [0, 0.1) is 0 Å². The molecule has 0 radical (unpaired) electrons. The second-order valence-corrected chi connectivity index (χ2v) is 5.27. The minimum Gasteiger partial charge on any atom is -0.479 e. The SMILES string of the molecule is O=C(O)C1CCC(c2nc(CC3CCCCO3)no2)O1. The van der Waals surface area contributed by atoms with Gasteiger partial charge < -0.3 is 19.1 Å². The maximum Gasteiger partial charge on any atom is 0.332 e. The van der Waals surface area contributed by atoms with E-state index in [0.29, 0.717) is 31.0 Å². The van der Waals surface area contributed by atoms with Crippen molar-refractivity contribution < 1.29 is 23.9 Å². The quantitative estimate of drug-likeness (QED) is 0.893. The Balaban J connectivity index is 1.58. The van der Waals surface area contributed by atoms with E-state index in [1.165, 1.54) is 6.42 Å². The highest BCUT2D eigenvalue weighted by atomic mass is 16.6. The van der Waals surface area contributed by atoms with Gasteiger partial charge in [0.1, 0.15) is 6.10 Å². The van der Waals surface area contributed by atoms with Gasteiger partial charge in [-0.2, -0.15) is 4.98 Å². The summed E-state index contributed by atoms with van der Waals surface area (Å²) in [5, 5.41) is 12.8. The molecule has 3 unspecified atom stereocenters. The van der Waals surface area contributed by atoms with Gasteiger partial charge in [-0.15, -0.1) is 0 Å². The van der Waals surface area contributed by atoms with Crippen LogP contribution >= 0.6 is 0 Å². The topological polar surface area (TPSA) is 94.7 Å². The first-order chi connectivity index (χ1) is 9.72. The summed E-state index contributed by atoms with van der Waals surface area (Å²) in [5.74, 6) is 0.0386. The normalized spacial score (nSPS) is 30.5. The number of nitrogens with zero attached hydrogens (tertiary/aromatic N) is 2. The van der Waals surface area contributed by atoms with Gasteiger partial charge in [0.05, 0.1) is 6.10 Å². The van der Waals surface area contributed by atoms with Crippen LogP contribution < -0.4 is 0 Å². The summed E-state index contributed by atoms with van der Waals surface area (Å²) < 4.78 is 16.2. The lowest BCUT2D eigenvalue weighted by Crippen LogP contribution is -2.21. The smallest absolute Gasteiger partial charge is 0.332 e. The number of carboxylic acids is 1. The molecule has 2 saturated heterocycles. The number of aliphatic carboxylic acids is 1. The number of carboxylic acid groups (broad SMARTS) is 1. The van der Waals surface area contributed by atoms with Crippen LogP contribution in [-0.2, 0) is 20.7 Å². The molecule has 0 amide bonds. The molecule has 3 atom stereocenters. The molecule has 1 aromatic rings. The van der Waals surface area contributed by atoms with Gasteiger partial charge in [-0.3, -0.25) is 0 Å². The summed E-state index contributed by atoms with van der Waals surface area (Å²) in [6.45, 7) is 0.793. The lowest BCUT2D eigenvalue weighted by atomic mass is 10.1. The Labute approximate surface area is 116 Å². The van der Waals surface area contributed by atoms with Gasteiger partial charge in [0.2, 0.25) is 0 Å². The van der Waals surface area contributed by atoms with Gasteiger partial charge in [-0.25, -0.2) is 4.79 Å². The molecule has 7 nitrogen and oxygen atoms in total. The van der Waals surface area contributed by atoms with Crippen molar-refractivity contribution in [2.45, 2.75) is 56.8 Å². The van der Waals surface area contributed by atoms with E-state index in [0.717, 1.165) is 19.4 Å². The Hall–Kier alpha value is -1.47. The van der Waals surface area contributed by atoms with E-state index in [2.05, 4.69) is 10.1 Å². The van der Waals surface area contributed by atoms with Gasteiger partial charge in [-0.05, 0) is 32.1 Å². The minimum atomic E-state index is -0.942. The average Bonchev–Trinajstić information content (AvgIpc) is 3.08. The predicted molar refractivity (Wildman–Crippen MR) is 66.1 cm³/mol. The Kier molecular flexibility index (Phi) is 3.98. The van der Waals surface area contributed by atoms with Crippen LogP contribution in [-0.4, -0.2) is 40.0 Å². The molecule has 2 fully saturated rings. The second-order valence-electron chi connectivity index (χ2n) is 5.27. The predicted octanol–water partition coefficient (Wildman–Crippen LogP) is 1.49. The van der Waals surface area contributed by atoms with Gasteiger partial charge in [0.25, 0.3) is 5.89 Å². The molecule has 0 saturated carbocycles. The summed E-state index contributed by atoms with van der Waals surface area (Å²) in [7, 11) is 0. The van der Waals surface area contributed by atoms with E-state index in [1.54, 1.807) is 0 Å². The van der Waals surface area contributed by atoms with Crippen molar-refractivity contribution in [2.24, 2.45) is 0 Å². The number of hydrogen-bond acceptors (Lipinski definition) is 6. The van der Waals surface area contributed by atoms with Crippen LogP contribution in [0.15, 0.2) is 4.52 Å². The maximum atomic E-state index is 10.8. The van der Waals surface area contributed by atoms with E-state index in [-0.39, 0.29) is 6.10 Å². The fraction of sp³-hybridized carbons (Fsp3) is 0.769. The molecule has 3 heterocycles. The molecular weight excluding hydrogens is 264 g/mol. The third-order valence-electron chi connectivity index (χ3n) is 3.74. The highest BCUT2D eigenvalue weighted by Gasteiger charge is 2.34. The molecule has 0 spiro atoms. The molecule has 110 valence electrons. The minimum absolute atomic E-state index is 0.158. The Morgan fingerprint density at radius 1 is 1.30 bits per heavy atom. The lowest BCUT2D eigenvalue weighted by Gasteiger charge is -2.20. The molecule has 7 heteroatoms. The molecule has 20 heavy (non-hydrogen) atoms. The van der Waals surface area contributed by atoms with Crippen LogP contribution in [0.3, 0.4) is 0 Å². The molecule has 2 aliphatic heterocycles. The van der Waals surface area contributed by atoms with Crippen molar-refractivity contribution in [1.82, 2.24) is 10.1 Å². The summed E-state index contributed by atoms with van der Waals surface area (Å²) in [6.07, 6.45) is 4.00. The molecular formula is C13H18N2O5. The highest BCUT2D eigenvalue weighted by Crippen LogP contribution is 2.32. The highest BCUT2D eigenvalue weighted by molar-refractivity contribution is 5.72. The van der Waals surface area contributed by atoms with E-state index in [9.17, 15) is 4.79 Å². The summed E-state index contributed by atoms with van der Waals surface area (Å²) in [4.78, 5) is 15.1. The zero-order valence-electron chi connectivity index (χ0n) is 11.2. The van der Waals surface area contributed by atoms with E-state index in [4.69, 9.17) is 19.1 Å². The molecule has 0 aromatic carbocycles. The fourth-order valence-electron chi connectivity index (χ4n) is 2.65. The first kappa shape index (κ1) is 13.5. The van der Waals surface area contributed by atoms with Gasteiger partial charge in [0.15, 0.2) is 11.9 Å². The monoisotopic (exact) mass is 282 g/mol. The van der Waals surface area contributed by atoms with Crippen molar-refractivity contribution in [2.75, 3.05) is 6.61 Å². The van der Waals surface area contributed by atoms with Gasteiger partial charge in [0, 0.05) is 13.0 Å². The van der Waals surface area contributed by atoms with E-state index >= 15 is 0 Å². The van der Waals surface area contributed by atoms with Crippen molar-refractivity contribution in [1.29, 1.82) is 0 Å². The van der Waals surface area contributed by atoms with Crippen LogP contribution in [0.4, 0.5) is 0 Å². The standard InChI is InChI=1S/C13H18N2O5/c16-13(17)10-5-4-9(19-10)12-14-11(15-20-12)7-8-3-1-2-6-18-8/h8-10H,1-7H2,(H,16,17). The molecule has 3 rings (SSSR count). The number of rotatable bonds is 4. The maximum absolute atomic E-state index is 10.8. The summed E-state index contributed by atoms with van der Waals surface area (Å²) in [6, 6.07) is 0. The van der Waals surface area contributed by atoms with Crippen molar-refractivity contribution in [3.63, 3.8) is 0 Å². The van der Waals surface area contributed by atoms with E-state index in [1.807, 2.05) is 0 Å². The van der Waals surface area contributed by atoms with E-state index < -0.39 is 18.2 Å². The number of aromatic nitrogens is 2. The zero-order valence-corrected chi connectivity index (χ0v) is 11.2.